The number of esters is 1. The predicted octanol–water partition coefficient (Wildman–Crippen LogP) is 6.01. The van der Waals surface area contributed by atoms with E-state index >= 15 is 0 Å². The first-order valence-electron chi connectivity index (χ1n) is 13.7. The topological polar surface area (TPSA) is 97.7 Å². The van der Waals surface area contributed by atoms with Crippen molar-refractivity contribution in [3.8, 4) is 28.7 Å². The van der Waals surface area contributed by atoms with Crippen molar-refractivity contribution in [2.75, 3.05) is 21.3 Å². The van der Waals surface area contributed by atoms with Crippen LogP contribution in [0.25, 0.3) is 11.1 Å². The van der Waals surface area contributed by atoms with Crippen LogP contribution in [0, 0.1) is 17.2 Å². The van der Waals surface area contributed by atoms with Crippen LogP contribution in [0.4, 0.5) is 0 Å². The fourth-order valence-electron chi connectivity index (χ4n) is 4.99. The Balaban J connectivity index is 1.58. The molecule has 0 spiro atoms. The number of amides is 1. The fraction of sp³-hybridized carbons (Fsp3) is 0.229. The van der Waals surface area contributed by atoms with Gasteiger partial charge in [0.15, 0.2) is 11.5 Å². The molecule has 4 rings (SSSR count). The van der Waals surface area contributed by atoms with Gasteiger partial charge in [-0.1, -0.05) is 60.7 Å². The summed E-state index contributed by atoms with van der Waals surface area (Å²) in [5, 5.41) is 12.5. The van der Waals surface area contributed by atoms with Crippen LogP contribution in [0.5, 0.6) is 11.5 Å². The maximum absolute atomic E-state index is 13.5. The van der Waals surface area contributed by atoms with Gasteiger partial charge in [-0.3, -0.25) is 9.59 Å². The van der Waals surface area contributed by atoms with Gasteiger partial charge in [0.05, 0.1) is 38.9 Å². The van der Waals surface area contributed by atoms with E-state index in [1.165, 1.54) is 7.11 Å². The van der Waals surface area contributed by atoms with Gasteiger partial charge in [0.25, 0.3) is 5.91 Å². The van der Waals surface area contributed by atoms with Gasteiger partial charge in [-0.2, -0.15) is 5.26 Å². The number of hydrogen-bond acceptors (Lipinski definition) is 6. The molecule has 0 fully saturated rings. The molecule has 2 unspecified atom stereocenters. The standard InChI is InChI=1S/C35H34N2O5/c1-40-32-19-17-29(22-33(32)41-2)27-13-15-28(16-14-27)34(38)37-31(18-12-24-8-5-4-6-9-24)30(35(39)42-3)21-25-10-7-11-26(20-25)23-36/h4-11,13-17,19-20,22,30-31H,12,18,21H2,1-3H3,(H,37,38). The van der Waals surface area contributed by atoms with E-state index in [0.717, 1.165) is 22.3 Å². The summed E-state index contributed by atoms with van der Waals surface area (Å²) in [4.78, 5) is 26.6. The van der Waals surface area contributed by atoms with Gasteiger partial charge in [-0.05, 0) is 77.9 Å². The maximum atomic E-state index is 13.5. The Hall–Kier alpha value is -5.09. The number of carbonyl (C=O) groups is 2. The number of nitrogens with zero attached hydrogens (tertiary/aromatic N) is 1. The molecule has 0 bridgehead atoms. The highest BCUT2D eigenvalue weighted by Crippen LogP contribution is 2.32. The minimum atomic E-state index is -0.650. The van der Waals surface area contributed by atoms with Crippen LogP contribution in [-0.2, 0) is 22.4 Å². The molecule has 1 N–H and O–H groups in total. The molecule has 214 valence electrons. The Bertz CT molecular complexity index is 1540. The highest BCUT2D eigenvalue weighted by molar-refractivity contribution is 5.95. The third kappa shape index (κ3) is 7.55. The van der Waals surface area contributed by atoms with Crippen LogP contribution < -0.4 is 14.8 Å². The maximum Gasteiger partial charge on any atom is 0.311 e. The molecule has 42 heavy (non-hydrogen) atoms. The van der Waals surface area contributed by atoms with Crippen molar-refractivity contribution in [3.63, 3.8) is 0 Å². The summed E-state index contributed by atoms with van der Waals surface area (Å²) in [6.45, 7) is 0. The molecule has 4 aromatic rings. The van der Waals surface area contributed by atoms with E-state index in [1.807, 2.05) is 66.7 Å². The third-order valence-corrected chi connectivity index (χ3v) is 7.27. The summed E-state index contributed by atoms with van der Waals surface area (Å²) in [6.07, 6.45) is 1.51. The first kappa shape index (κ1) is 29.9. The van der Waals surface area contributed by atoms with Crippen LogP contribution in [0.1, 0.15) is 33.5 Å². The van der Waals surface area contributed by atoms with Gasteiger partial charge < -0.3 is 19.5 Å². The summed E-state index contributed by atoms with van der Waals surface area (Å²) < 4.78 is 15.9. The van der Waals surface area contributed by atoms with Gasteiger partial charge in [0.2, 0.25) is 0 Å². The number of rotatable bonds is 12. The Morgan fingerprint density at radius 1 is 0.786 bits per heavy atom. The third-order valence-electron chi connectivity index (χ3n) is 7.27. The van der Waals surface area contributed by atoms with Crippen molar-refractivity contribution < 1.29 is 23.8 Å². The monoisotopic (exact) mass is 562 g/mol. The highest BCUT2D eigenvalue weighted by Gasteiger charge is 2.31. The number of carbonyl (C=O) groups excluding carboxylic acids is 2. The highest BCUT2D eigenvalue weighted by atomic mass is 16.5. The molecule has 0 aliphatic carbocycles. The lowest BCUT2D eigenvalue weighted by atomic mass is 9.87. The van der Waals surface area contributed by atoms with E-state index in [-0.39, 0.29) is 5.91 Å². The number of nitriles is 1. The summed E-state index contributed by atoms with van der Waals surface area (Å²) >= 11 is 0. The lowest BCUT2D eigenvalue weighted by Gasteiger charge is -2.27. The van der Waals surface area contributed by atoms with E-state index in [0.29, 0.717) is 41.9 Å². The van der Waals surface area contributed by atoms with Crippen LogP contribution in [-0.4, -0.2) is 39.2 Å². The molecule has 7 heteroatoms. The molecule has 0 saturated carbocycles. The summed E-state index contributed by atoms with van der Waals surface area (Å²) in [5.74, 6) is -0.0979. The first-order chi connectivity index (χ1) is 20.4. The number of ether oxygens (including phenoxy) is 3. The summed E-state index contributed by atoms with van der Waals surface area (Å²) in [7, 11) is 4.53. The van der Waals surface area contributed by atoms with Gasteiger partial charge in [0, 0.05) is 11.6 Å². The molecule has 1 amide bonds. The molecule has 0 radical (unpaired) electrons. The second kappa shape index (κ2) is 14.5. The number of aryl methyl sites for hydroxylation is 1. The minimum absolute atomic E-state index is 0.286. The van der Waals surface area contributed by atoms with Crippen molar-refractivity contribution >= 4 is 11.9 Å². The zero-order valence-corrected chi connectivity index (χ0v) is 24.0. The van der Waals surface area contributed by atoms with Gasteiger partial charge >= 0.3 is 5.97 Å². The summed E-state index contributed by atoms with van der Waals surface area (Å²) in [6, 6.07) is 31.6. The van der Waals surface area contributed by atoms with E-state index < -0.39 is 17.9 Å². The molecular weight excluding hydrogens is 528 g/mol. The molecular formula is C35H34N2O5. The first-order valence-corrected chi connectivity index (χ1v) is 13.7. The predicted molar refractivity (Wildman–Crippen MR) is 161 cm³/mol. The molecule has 0 aliphatic heterocycles. The van der Waals surface area contributed by atoms with Crippen molar-refractivity contribution in [3.05, 3.63) is 119 Å². The molecule has 0 aliphatic rings. The zero-order valence-electron chi connectivity index (χ0n) is 24.0. The van der Waals surface area contributed by atoms with Crippen molar-refractivity contribution in [2.45, 2.75) is 25.3 Å². The van der Waals surface area contributed by atoms with Gasteiger partial charge in [0.1, 0.15) is 0 Å². The molecule has 2 atom stereocenters. The molecule has 0 aromatic heterocycles. The molecule has 7 nitrogen and oxygen atoms in total. The van der Waals surface area contributed by atoms with Crippen LogP contribution in [0.15, 0.2) is 97.1 Å². The molecule has 4 aromatic carbocycles. The zero-order chi connectivity index (χ0) is 29.9. The largest absolute Gasteiger partial charge is 0.493 e. The van der Waals surface area contributed by atoms with E-state index in [4.69, 9.17) is 14.2 Å². The number of hydrogen-bond donors (Lipinski definition) is 1. The normalized spacial score (nSPS) is 12.0. The average Bonchev–Trinajstić information content (AvgIpc) is 3.05. The van der Waals surface area contributed by atoms with Crippen LogP contribution >= 0.6 is 0 Å². The molecule has 0 saturated heterocycles. The second-order valence-corrected chi connectivity index (χ2v) is 9.90. The Morgan fingerprint density at radius 2 is 1.48 bits per heavy atom. The fourth-order valence-corrected chi connectivity index (χ4v) is 4.99. The SMILES string of the molecule is COC(=O)C(Cc1cccc(C#N)c1)C(CCc1ccccc1)NC(=O)c1ccc(-c2ccc(OC)c(OC)c2)cc1. The Labute approximate surface area is 246 Å². The van der Waals surface area contributed by atoms with Crippen LogP contribution in [0.2, 0.25) is 0 Å². The van der Waals surface area contributed by atoms with Gasteiger partial charge in [-0.15, -0.1) is 0 Å². The van der Waals surface area contributed by atoms with Crippen LogP contribution in [0.3, 0.4) is 0 Å². The Morgan fingerprint density at radius 3 is 2.14 bits per heavy atom. The number of methoxy groups -OCH3 is 3. The lowest BCUT2D eigenvalue weighted by Crippen LogP contribution is -2.45. The van der Waals surface area contributed by atoms with E-state index in [2.05, 4.69) is 11.4 Å². The van der Waals surface area contributed by atoms with E-state index in [1.54, 1.807) is 44.6 Å². The molecule has 0 heterocycles. The lowest BCUT2D eigenvalue weighted by molar-refractivity contribution is -0.146. The smallest absolute Gasteiger partial charge is 0.311 e. The van der Waals surface area contributed by atoms with E-state index in [9.17, 15) is 14.9 Å². The quantitative estimate of drug-likeness (QED) is 0.213. The van der Waals surface area contributed by atoms with Crippen molar-refractivity contribution in [1.82, 2.24) is 5.32 Å². The van der Waals surface area contributed by atoms with Crippen molar-refractivity contribution in [2.24, 2.45) is 5.92 Å². The minimum Gasteiger partial charge on any atom is -0.493 e. The van der Waals surface area contributed by atoms with Crippen molar-refractivity contribution in [1.29, 1.82) is 5.26 Å². The number of benzene rings is 4. The summed E-state index contributed by atoms with van der Waals surface area (Å²) in [5.41, 5.74) is 4.74. The average molecular weight is 563 g/mol. The van der Waals surface area contributed by atoms with Gasteiger partial charge in [-0.25, -0.2) is 0 Å². The Kier molecular flexibility index (Phi) is 10.3. The number of nitrogens with one attached hydrogen (secondary N) is 1. The second-order valence-electron chi connectivity index (χ2n) is 9.90.